The van der Waals surface area contributed by atoms with Gasteiger partial charge in [0, 0.05) is 11.3 Å². The Morgan fingerprint density at radius 3 is 2.65 bits per heavy atom. The van der Waals surface area contributed by atoms with Crippen LogP contribution in [-0.4, -0.2) is 46.8 Å². The summed E-state index contributed by atoms with van der Waals surface area (Å²) in [7, 11) is 0. The van der Waals surface area contributed by atoms with Gasteiger partial charge in [-0.15, -0.1) is 10.2 Å². The molecule has 1 aromatic heterocycles. The van der Waals surface area contributed by atoms with Crippen LogP contribution < -0.4 is 19.1 Å². The van der Waals surface area contributed by atoms with E-state index in [1.54, 1.807) is 30.3 Å². The third kappa shape index (κ3) is 6.09. The lowest BCUT2D eigenvalue weighted by Crippen LogP contribution is -2.29. The highest BCUT2D eigenvalue weighted by Crippen LogP contribution is 2.45. The van der Waals surface area contributed by atoms with Crippen LogP contribution >= 0.6 is 23.1 Å². The number of aliphatic hydroxyl groups is 1. The van der Waals surface area contributed by atoms with Crippen molar-refractivity contribution in [2.24, 2.45) is 0 Å². The number of ketones is 1. The topological polar surface area (TPSA) is 111 Å². The minimum Gasteiger partial charge on any atom is -0.507 e. The van der Waals surface area contributed by atoms with Crippen molar-refractivity contribution in [2.75, 3.05) is 24.7 Å². The normalized spacial score (nSPS) is 17.3. The first-order valence-electron chi connectivity index (χ1n) is 14.0. The number of aromatic nitrogens is 2. The van der Waals surface area contributed by atoms with Gasteiger partial charge >= 0.3 is 5.91 Å². The van der Waals surface area contributed by atoms with Gasteiger partial charge in [-0.3, -0.25) is 14.5 Å². The number of carbonyl (C=O) groups is 2. The molecular formula is C32H29N3O6S2. The minimum atomic E-state index is -0.956. The Morgan fingerprint density at radius 2 is 1.84 bits per heavy atom. The number of unbranched alkanes of at least 4 members (excludes halogenated alkanes) is 1. The molecule has 43 heavy (non-hydrogen) atoms. The molecule has 3 heterocycles. The van der Waals surface area contributed by atoms with Crippen LogP contribution in [0.4, 0.5) is 5.13 Å². The van der Waals surface area contributed by atoms with Gasteiger partial charge in [-0.25, -0.2) is 0 Å². The molecular weight excluding hydrogens is 587 g/mol. The Hall–Kier alpha value is -4.35. The van der Waals surface area contributed by atoms with E-state index in [-0.39, 0.29) is 16.5 Å². The lowest BCUT2D eigenvalue weighted by atomic mass is 9.95. The van der Waals surface area contributed by atoms with Crippen LogP contribution in [0, 0.1) is 0 Å². The van der Waals surface area contributed by atoms with E-state index >= 15 is 0 Å². The van der Waals surface area contributed by atoms with Crippen molar-refractivity contribution in [3.8, 4) is 17.2 Å². The van der Waals surface area contributed by atoms with E-state index in [1.807, 2.05) is 42.5 Å². The fraction of sp³-hybridized carbons (Fsp3) is 0.250. The van der Waals surface area contributed by atoms with Crippen molar-refractivity contribution in [3.05, 3.63) is 95.1 Å². The van der Waals surface area contributed by atoms with Gasteiger partial charge in [0.1, 0.15) is 24.7 Å². The average Bonchev–Trinajstić information content (AvgIpc) is 3.62. The number of nitrogens with zero attached hydrogens (tertiary/aromatic N) is 3. The van der Waals surface area contributed by atoms with E-state index in [9.17, 15) is 14.7 Å². The second-order valence-electron chi connectivity index (χ2n) is 9.93. The van der Waals surface area contributed by atoms with Crippen molar-refractivity contribution >= 4 is 45.7 Å². The summed E-state index contributed by atoms with van der Waals surface area (Å²) in [5.74, 6) is 0.359. The summed E-state index contributed by atoms with van der Waals surface area (Å²) >= 11 is 2.72. The highest BCUT2D eigenvalue weighted by Gasteiger charge is 2.48. The van der Waals surface area contributed by atoms with E-state index in [2.05, 4.69) is 17.1 Å². The summed E-state index contributed by atoms with van der Waals surface area (Å²) in [4.78, 5) is 28.6. The van der Waals surface area contributed by atoms with Crippen LogP contribution in [0.5, 0.6) is 17.2 Å². The van der Waals surface area contributed by atoms with Crippen LogP contribution in [0.2, 0.25) is 0 Å². The van der Waals surface area contributed by atoms with E-state index in [0.29, 0.717) is 58.3 Å². The van der Waals surface area contributed by atoms with Crippen molar-refractivity contribution in [2.45, 2.75) is 35.9 Å². The van der Waals surface area contributed by atoms with Gasteiger partial charge in [0.2, 0.25) is 5.13 Å². The Kier molecular flexibility index (Phi) is 8.62. The van der Waals surface area contributed by atoms with E-state index in [1.165, 1.54) is 28.0 Å². The number of ether oxygens (including phenoxy) is 3. The van der Waals surface area contributed by atoms with Gasteiger partial charge in [0.15, 0.2) is 15.8 Å². The highest BCUT2D eigenvalue weighted by atomic mass is 32.2. The zero-order valence-corrected chi connectivity index (χ0v) is 25.0. The van der Waals surface area contributed by atoms with Crippen LogP contribution in [0.15, 0.2) is 82.7 Å². The number of aliphatic hydroxyl groups excluding tert-OH is 1. The van der Waals surface area contributed by atoms with E-state index in [0.717, 1.165) is 18.4 Å². The number of carbonyl (C=O) groups excluding carboxylic acids is 2. The maximum absolute atomic E-state index is 13.6. The summed E-state index contributed by atoms with van der Waals surface area (Å²) in [6.45, 7) is 3.41. The van der Waals surface area contributed by atoms with Crippen LogP contribution in [0.25, 0.3) is 5.76 Å². The molecule has 1 saturated heterocycles. The number of Topliss-reactive ketones (excluding diaryl/α,β-unsaturated/α-hetero) is 1. The zero-order valence-electron chi connectivity index (χ0n) is 23.4. The lowest BCUT2D eigenvalue weighted by Gasteiger charge is -2.23. The molecule has 2 aliphatic rings. The maximum Gasteiger partial charge on any atom is 0.301 e. The molecule has 4 aromatic rings. The molecule has 1 N–H and O–H groups in total. The molecule has 2 aliphatic heterocycles. The molecule has 0 aliphatic carbocycles. The molecule has 0 saturated carbocycles. The molecule has 0 radical (unpaired) electrons. The molecule has 6 rings (SSSR count). The molecule has 1 amide bonds. The first kappa shape index (κ1) is 28.8. The zero-order chi connectivity index (χ0) is 29.8. The lowest BCUT2D eigenvalue weighted by molar-refractivity contribution is -0.132. The molecule has 9 nitrogen and oxygen atoms in total. The predicted octanol–water partition coefficient (Wildman–Crippen LogP) is 6.41. The van der Waals surface area contributed by atoms with Crippen LogP contribution in [0.3, 0.4) is 0 Å². The largest absolute Gasteiger partial charge is 0.507 e. The van der Waals surface area contributed by atoms with Crippen molar-refractivity contribution in [1.82, 2.24) is 10.2 Å². The smallest absolute Gasteiger partial charge is 0.301 e. The Bertz CT molecular complexity index is 1670. The molecule has 11 heteroatoms. The Labute approximate surface area is 257 Å². The van der Waals surface area contributed by atoms with Gasteiger partial charge < -0.3 is 19.3 Å². The first-order valence-corrected chi connectivity index (χ1v) is 15.8. The number of hydrogen-bond donors (Lipinski definition) is 1. The third-order valence-electron chi connectivity index (χ3n) is 7.01. The SMILES string of the molecule is CCCCOc1cccc(C2C(=C(O)c3ccc4c(c3)OCCO4)C(=O)C(=O)N2c2nnc(SCc3ccccc3)s2)c1. The van der Waals surface area contributed by atoms with Gasteiger partial charge in [-0.1, -0.05) is 78.9 Å². The number of hydrogen-bond acceptors (Lipinski definition) is 10. The molecule has 1 atom stereocenters. The molecule has 0 spiro atoms. The average molecular weight is 616 g/mol. The van der Waals surface area contributed by atoms with E-state index < -0.39 is 17.7 Å². The summed E-state index contributed by atoms with van der Waals surface area (Å²) in [6, 6.07) is 21.2. The summed E-state index contributed by atoms with van der Waals surface area (Å²) < 4.78 is 17.9. The molecule has 3 aromatic carbocycles. The minimum absolute atomic E-state index is 0.0546. The van der Waals surface area contributed by atoms with Crippen molar-refractivity contribution < 1.29 is 28.9 Å². The highest BCUT2D eigenvalue weighted by molar-refractivity contribution is 8.00. The summed E-state index contributed by atoms with van der Waals surface area (Å²) in [5, 5.41) is 20.5. The molecule has 0 bridgehead atoms. The van der Waals surface area contributed by atoms with Gasteiger partial charge in [-0.05, 0) is 47.9 Å². The Balaban J connectivity index is 1.39. The monoisotopic (exact) mass is 615 g/mol. The van der Waals surface area contributed by atoms with Crippen molar-refractivity contribution in [3.63, 3.8) is 0 Å². The fourth-order valence-electron chi connectivity index (χ4n) is 4.88. The number of benzene rings is 3. The maximum atomic E-state index is 13.6. The quantitative estimate of drug-likeness (QED) is 0.0540. The fourth-order valence-corrected chi connectivity index (χ4v) is 6.70. The molecule has 220 valence electrons. The number of rotatable bonds is 10. The first-order chi connectivity index (χ1) is 21.0. The number of thioether (sulfide) groups is 1. The van der Waals surface area contributed by atoms with Crippen LogP contribution in [0.1, 0.15) is 42.5 Å². The summed E-state index contributed by atoms with van der Waals surface area (Å²) in [5.41, 5.74) is 2.00. The van der Waals surface area contributed by atoms with Gasteiger partial charge in [0.05, 0.1) is 18.2 Å². The molecule has 1 fully saturated rings. The number of amides is 1. The predicted molar refractivity (Wildman–Crippen MR) is 165 cm³/mol. The van der Waals surface area contributed by atoms with Crippen LogP contribution in [-0.2, 0) is 15.3 Å². The van der Waals surface area contributed by atoms with Crippen molar-refractivity contribution in [1.29, 1.82) is 0 Å². The third-order valence-corrected chi connectivity index (χ3v) is 9.13. The standard InChI is InChI=1S/C32H29N3O6S2/c1-2-3-14-39-23-11-7-10-21(17-23)27-26(28(36)22-12-13-24-25(18-22)41-16-15-40-24)29(37)30(38)35(27)31-33-34-32(43-31)42-19-20-8-5-4-6-9-20/h4-13,17-18,27,36H,2-3,14-16,19H2,1H3. The Morgan fingerprint density at radius 1 is 1.02 bits per heavy atom. The number of fused-ring (bicyclic) bond motifs is 1. The second-order valence-corrected chi connectivity index (χ2v) is 12.1. The van der Waals surface area contributed by atoms with Gasteiger partial charge in [-0.2, -0.15) is 0 Å². The second kappa shape index (κ2) is 12.9. The van der Waals surface area contributed by atoms with Gasteiger partial charge in [0.25, 0.3) is 5.78 Å². The van der Waals surface area contributed by atoms with E-state index in [4.69, 9.17) is 14.2 Å². The number of anilines is 1. The molecule has 1 unspecified atom stereocenters. The summed E-state index contributed by atoms with van der Waals surface area (Å²) in [6.07, 6.45) is 1.87.